The second kappa shape index (κ2) is 7.55. The molecule has 0 saturated carbocycles. The molecule has 2 N–H and O–H groups in total. The predicted octanol–water partition coefficient (Wildman–Crippen LogP) is 0.0875. The molecule has 1 aromatic heterocycles. The van der Waals surface area contributed by atoms with E-state index in [9.17, 15) is 5.11 Å². The summed E-state index contributed by atoms with van der Waals surface area (Å²) >= 11 is 0. The van der Waals surface area contributed by atoms with Crippen molar-refractivity contribution >= 4 is 0 Å². The van der Waals surface area contributed by atoms with E-state index in [0.29, 0.717) is 18.4 Å². The van der Waals surface area contributed by atoms with Gasteiger partial charge in [-0.3, -0.25) is 4.90 Å². The second-order valence-corrected chi connectivity index (χ2v) is 6.67. The molecule has 0 bridgehead atoms. The number of aliphatic hydroxyl groups excluding tert-OH is 1. The zero-order valence-electron chi connectivity index (χ0n) is 13.6. The number of piperazine rings is 1. The van der Waals surface area contributed by atoms with Crippen molar-refractivity contribution in [1.29, 1.82) is 0 Å². The zero-order chi connectivity index (χ0) is 15.4. The van der Waals surface area contributed by atoms with E-state index in [1.54, 1.807) is 6.20 Å². The highest BCUT2D eigenvalue weighted by molar-refractivity contribution is 4.92. The van der Waals surface area contributed by atoms with Crippen LogP contribution in [0.25, 0.3) is 0 Å². The number of likely N-dealkylation sites (tertiary alicyclic amines) is 1. The summed E-state index contributed by atoms with van der Waals surface area (Å²) in [6.45, 7) is 12.4. The van der Waals surface area contributed by atoms with Crippen LogP contribution in [0.15, 0.2) is 12.4 Å². The van der Waals surface area contributed by atoms with Gasteiger partial charge >= 0.3 is 0 Å². The summed E-state index contributed by atoms with van der Waals surface area (Å²) in [7, 11) is 0. The van der Waals surface area contributed by atoms with Gasteiger partial charge < -0.3 is 19.9 Å². The molecule has 0 aliphatic carbocycles. The van der Waals surface area contributed by atoms with Gasteiger partial charge in [-0.25, -0.2) is 4.98 Å². The number of hydrogen-bond acceptors (Lipinski definition) is 5. The first-order valence-electron chi connectivity index (χ1n) is 8.54. The van der Waals surface area contributed by atoms with Crippen molar-refractivity contribution < 1.29 is 5.11 Å². The Labute approximate surface area is 133 Å². The standard InChI is InChI=1S/C16H29N5O/c1-2-19-5-7-20(8-6-19)9-14-10-21(11-15(14)13-22)12-16-17-3-4-18-16/h3-4,14-15,22H,2,5-13H2,1H3,(H,17,18)/t14-,15-/m1/s1. The van der Waals surface area contributed by atoms with Gasteiger partial charge in [0.15, 0.2) is 0 Å². The van der Waals surface area contributed by atoms with Crippen LogP contribution in [0.5, 0.6) is 0 Å². The maximum atomic E-state index is 9.71. The molecular formula is C16H29N5O. The van der Waals surface area contributed by atoms with E-state index in [1.807, 2.05) is 6.20 Å². The maximum Gasteiger partial charge on any atom is 0.120 e. The maximum absolute atomic E-state index is 9.71. The first kappa shape index (κ1) is 15.9. The molecule has 22 heavy (non-hydrogen) atoms. The Kier molecular flexibility index (Phi) is 5.46. The largest absolute Gasteiger partial charge is 0.396 e. The van der Waals surface area contributed by atoms with Gasteiger partial charge in [-0.05, 0) is 18.4 Å². The Balaban J connectivity index is 1.50. The van der Waals surface area contributed by atoms with Crippen LogP contribution in [0, 0.1) is 11.8 Å². The second-order valence-electron chi connectivity index (χ2n) is 6.67. The Bertz CT molecular complexity index is 430. The van der Waals surface area contributed by atoms with E-state index in [2.05, 4.69) is 31.6 Å². The lowest BCUT2D eigenvalue weighted by molar-refractivity contribution is 0.106. The molecule has 6 heteroatoms. The number of nitrogens with zero attached hydrogens (tertiary/aromatic N) is 4. The first-order chi connectivity index (χ1) is 10.8. The summed E-state index contributed by atoms with van der Waals surface area (Å²) in [5.41, 5.74) is 0. The van der Waals surface area contributed by atoms with E-state index in [4.69, 9.17) is 0 Å². The lowest BCUT2D eigenvalue weighted by Crippen LogP contribution is -2.48. The topological polar surface area (TPSA) is 58.6 Å². The Morgan fingerprint density at radius 1 is 1.14 bits per heavy atom. The van der Waals surface area contributed by atoms with Crippen molar-refractivity contribution in [2.75, 3.05) is 59.0 Å². The third kappa shape index (κ3) is 3.87. The molecule has 1 aromatic rings. The highest BCUT2D eigenvalue weighted by Crippen LogP contribution is 2.25. The van der Waals surface area contributed by atoms with Gasteiger partial charge in [0.1, 0.15) is 5.82 Å². The van der Waals surface area contributed by atoms with Crippen LogP contribution in [-0.2, 0) is 6.54 Å². The lowest BCUT2D eigenvalue weighted by atomic mass is 9.96. The highest BCUT2D eigenvalue weighted by atomic mass is 16.3. The highest BCUT2D eigenvalue weighted by Gasteiger charge is 2.34. The SMILES string of the molecule is CCN1CCN(C[C@@H]2CN(Cc3ncc[nH]3)C[C@@H]2CO)CC1. The number of imidazole rings is 1. The van der Waals surface area contributed by atoms with Gasteiger partial charge in [0.05, 0.1) is 6.54 Å². The van der Waals surface area contributed by atoms with Crippen LogP contribution in [0.3, 0.4) is 0 Å². The predicted molar refractivity (Wildman–Crippen MR) is 86.5 cm³/mol. The van der Waals surface area contributed by atoms with E-state index >= 15 is 0 Å². The van der Waals surface area contributed by atoms with E-state index < -0.39 is 0 Å². The average Bonchev–Trinajstić information content (AvgIpc) is 3.18. The number of H-pyrrole nitrogens is 1. The molecule has 0 radical (unpaired) electrons. The van der Waals surface area contributed by atoms with Gasteiger partial charge in [-0.15, -0.1) is 0 Å². The fraction of sp³-hybridized carbons (Fsp3) is 0.812. The van der Waals surface area contributed by atoms with Crippen molar-refractivity contribution in [3.63, 3.8) is 0 Å². The molecule has 0 aromatic carbocycles. The fourth-order valence-electron chi connectivity index (χ4n) is 3.79. The first-order valence-corrected chi connectivity index (χ1v) is 8.54. The monoisotopic (exact) mass is 307 g/mol. The normalized spacial score (nSPS) is 28.5. The Morgan fingerprint density at radius 2 is 1.86 bits per heavy atom. The van der Waals surface area contributed by atoms with Crippen molar-refractivity contribution in [2.45, 2.75) is 13.5 Å². The summed E-state index contributed by atoms with van der Waals surface area (Å²) in [4.78, 5) is 15.0. The van der Waals surface area contributed by atoms with Crippen LogP contribution in [-0.4, -0.2) is 88.7 Å². The van der Waals surface area contributed by atoms with Crippen LogP contribution in [0.1, 0.15) is 12.7 Å². The summed E-state index contributed by atoms with van der Waals surface area (Å²) in [5.74, 6) is 2.00. The minimum absolute atomic E-state index is 0.300. The molecule has 3 heterocycles. The third-order valence-electron chi connectivity index (χ3n) is 5.22. The molecule has 2 aliphatic rings. The van der Waals surface area contributed by atoms with Gasteiger partial charge in [0.25, 0.3) is 0 Å². The van der Waals surface area contributed by atoms with Crippen molar-refractivity contribution in [3.8, 4) is 0 Å². The summed E-state index contributed by atoms with van der Waals surface area (Å²) in [6, 6.07) is 0. The Hall–Kier alpha value is -0.950. The van der Waals surface area contributed by atoms with Crippen LogP contribution >= 0.6 is 0 Å². The van der Waals surface area contributed by atoms with Gasteiger partial charge in [-0.1, -0.05) is 6.92 Å². The molecule has 0 amide bonds. The van der Waals surface area contributed by atoms with Crippen LogP contribution in [0.4, 0.5) is 0 Å². The minimum atomic E-state index is 0.300. The molecule has 2 atom stereocenters. The van der Waals surface area contributed by atoms with Crippen molar-refractivity contribution in [2.24, 2.45) is 11.8 Å². The molecule has 0 spiro atoms. The molecule has 2 fully saturated rings. The van der Waals surface area contributed by atoms with Gasteiger partial charge in [-0.2, -0.15) is 0 Å². The van der Waals surface area contributed by atoms with Crippen molar-refractivity contribution in [3.05, 3.63) is 18.2 Å². The molecule has 6 nitrogen and oxygen atoms in total. The van der Waals surface area contributed by atoms with E-state index in [1.165, 1.54) is 26.2 Å². The fourth-order valence-corrected chi connectivity index (χ4v) is 3.79. The molecule has 0 unspecified atom stereocenters. The molecular weight excluding hydrogens is 278 g/mol. The van der Waals surface area contributed by atoms with Crippen molar-refractivity contribution in [1.82, 2.24) is 24.7 Å². The number of hydrogen-bond donors (Lipinski definition) is 2. The quantitative estimate of drug-likeness (QED) is 0.780. The third-order valence-corrected chi connectivity index (χ3v) is 5.22. The lowest BCUT2D eigenvalue weighted by Gasteiger charge is -2.36. The zero-order valence-corrected chi connectivity index (χ0v) is 13.6. The average molecular weight is 307 g/mol. The molecule has 3 rings (SSSR count). The van der Waals surface area contributed by atoms with Crippen LogP contribution in [0.2, 0.25) is 0 Å². The number of nitrogens with one attached hydrogen (secondary N) is 1. The molecule has 124 valence electrons. The number of likely N-dealkylation sites (N-methyl/N-ethyl adjacent to an activating group) is 1. The smallest absolute Gasteiger partial charge is 0.120 e. The number of aliphatic hydroxyl groups is 1. The summed E-state index contributed by atoms with van der Waals surface area (Å²) < 4.78 is 0. The summed E-state index contributed by atoms with van der Waals surface area (Å²) in [6.07, 6.45) is 3.68. The Morgan fingerprint density at radius 3 is 2.50 bits per heavy atom. The van der Waals surface area contributed by atoms with Gasteiger partial charge in [0, 0.05) is 64.8 Å². The number of aromatic nitrogens is 2. The molecule has 2 saturated heterocycles. The molecule has 2 aliphatic heterocycles. The summed E-state index contributed by atoms with van der Waals surface area (Å²) in [5, 5.41) is 9.71. The number of rotatable bonds is 6. The van der Waals surface area contributed by atoms with E-state index in [-0.39, 0.29) is 0 Å². The van der Waals surface area contributed by atoms with E-state index in [0.717, 1.165) is 38.5 Å². The number of aromatic amines is 1. The van der Waals surface area contributed by atoms with Gasteiger partial charge in [0.2, 0.25) is 0 Å². The van der Waals surface area contributed by atoms with Crippen LogP contribution < -0.4 is 0 Å². The minimum Gasteiger partial charge on any atom is -0.396 e.